The summed E-state index contributed by atoms with van der Waals surface area (Å²) in [6.07, 6.45) is 3.95. The summed E-state index contributed by atoms with van der Waals surface area (Å²) in [5.74, 6) is 0. The fourth-order valence-electron chi connectivity index (χ4n) is 12.0. The van der Waals surface area contributed by atoms with Crippen LogP contribution in [0.1, 0.15) is 0 Å². The molecular weight excluding hydrogens is 867 g/mol. The van der Waals surface area contributed by atoms with Gasteiger partial charge in [-0.2, -0.15) is 0 Å². The summed E-state index contributed by atoms with van der Waals surface area (Å²) in [7, 11) is 0. The largest absolute Gasteiger partial charge is 0.456 e. The normalized spacial score (nSPS) is 12.2. The molecule has 0 aliphatic rings. The number of pyridine rings is 1. The maximum Gasteiger partial charge on any atom is 0.135 e. The van der Waals surface area contributed by atoms with Crippen LogP contribution in [0.15, 0.2) is 241 Å². The highest BCUT2D eigenvalue weighted by Gasteiger charge is 2.20. The third kappa shape index (κ3) is 5.44. The molecule has 6 nitrogen and oxygen atoms in total. The molecule has 71 heavy (non-hydrogen) atoms. The molecule has 0 radical (unpaired) electrons. The molecular formula is C65H39N5O. The van der Waals surface area contributed by atoms with Crippen molar-refractivity contribution in [3.05, 3.63) is 237 Å². The summed E-state index contributed by atoms with van der Waals surface area (Å²) in [4.78, 5) is 4.87. The number of hydrogen-bond acceptors (Lipinski definition) is 2. The van der Waals surface area contributed by atoms with Gasteiger partial charge in [0.15, 0.2) is 0 Å². The number of para-hydroxylation sites is 6. The predicted molar refractivity (Wildman–Crippen MR) is 294 cm³/mol. The van der Waals surface area contributed by atoms with Crippen LogP contribution < -0.4 is 0 Å². The minimum atomic E-state index is 0.866. The first-order chi connectivity index (χ1) is 35.2. The molecule has 6 heterocycles. The molecule has 0 saturated heterocycles. The average Bonchev–Trinajstić information content (AvgIpc) is 4.23. The van der Waals surface area contributed by atoms with E-state index in [1.54, 1.807) is 0 Å². The molecule has 6 aromatic heterocycles. The molecule has 16 rings (SSSR count). The fourth-order valence-corrected chi connectivity index (χ4v) is 12.0. The Morgan fingerprint density at radius 2 is 0.549 bits per heavy atom. The number of aromatic nitrogens is 5. The van der Waals surface area contributed by atoms with E-state index in [2.05, 4.69) is 243 Å². The van der Waals surface area contributed by atoms with Crippen molar-refractivity contribution in [1.82, 2.24) is 23.3 Å². The van der Waals surface area contributed by atoms with E-state index in [0.717, 1.165) is 88.9 Å². The minimum Gasteiger partial charge on any atom is -0.456 e. The zero-order chi connectivity index (χ0) is 46.3. The number of fused-ring (bicyclic) bond motifs is 15. The first-order valence-electron chi connectivity index (χ1n) is 24.2. The standard InChI is InChI=1S/C65H39N5O/c1-7-19-56-46(13-1)47-14-2-8-20-57(47)67(56)42-27-30-63-53(36-42)51-18-6-11-23-60(51)68(63)43-28-32-65-55(37-43)54-34-41(26-31-64(54)71-65)40-25-29-62-52(33-40)50-17-5-12-24-61(50)70(62)45-35-44(38-66-39-45)69-58-21-9-3-15-48(58)49-16-4-10-22-59(49)69/h1-39H. The topological polar surface area (TPSA) is 45.8 Å². The zero-order valence-electron chi connectivity index (χ0n) is 38.2. The van der Waals surface area contributed by atoms with Crippen LogP contribution in [0.2, 0.25) is 0 Å². The summed E-state index contributed by atoms with van der Waals surface area (Å²) in [6.45, 7) is 0. The highest BCUT2D eigenvalue weighted by molar-refractivity contribution is 6.15. The van der Waals surface area contributed by atoms with Gasteiger partial charge in [0.1, 0.15) is 11.2 Å². The lowest BCUT2D eigenvalue weighted by Gasteiger charge is -2.12. The molecule has 0 spiro atoms. The fraction of sp³-hybridized carbons (Fsp3) is 0. The molecule has 0 unspecified atom stereocenters. The van der Waals surface area contributed by atoms with Gasteiger partial charge in [-0.15, -0.1) is 0 Å². The minimum absolute atomic E-state index is 0.866. The molecule has 0 bridgehead atoms. The lowest BCUT2D eigenvalue weighted by molar-refractivity contribution is 0.669. The second-order valence-electron chi connectivity index (χ2n) is 18.8. The predicted octanol–water partition coefficient (Wildman–Crippen LogP) is 17.0. The molecule has 0 N–H and O–H groups in total. The van der Waals surface area contributed by atoms with E-state index in [0.29, 0.717) is 0 Å². The van der Waals surface area contributed by atoms with Crippen molar-refractivity contribution in [2.75, 3.05) is 0 Å². The van der Waals surface area contributed by atoms with Gasteiger partial charge in [-0.25, -0.2) is 0 Å². The molecule has 0 aliphatic heterocycles. The zero-order valence-corrected chi connectivity index (χ0v) is 38.2. The van der Waals surface area contributed by atoms with Crippen LogP contribution in [0.4, 0.5) is 0 Å². The summed E-state index contributed by atoms with van der Waals surface area (Å²) >= 11 is 0. The Morgan fingerprint density at radius 1 is 0.239 bits per heavy atom. The van der Waals surface area contributed by atoms with Crippen LogP contribution in [0.5, 0.6) is 0 Å². The number of nitrogens with zero attached hydrogens (tertiary/aromatic N) is 5. The average molecular weight is 906 g/mol. The van der Waals surface area contributed by atoms with Crippen LogP contribution in [-0.2, 0) is 0 Å². The van der Waals surface area contributed by atoms with Gasteiger partial charge in [-0.1, -0.05) is 121 Å². The third-order valence-corrected chi connectivity index (χ3v) is 15.0. The van der Waals surface area contributed by atoms with Gasteiger partial charge >= 0.3 is 0 Å². The maximum absolute atomic E-state index is 6.56. The SMILES string of the molecule is c1ccc2c(c1)c1ccccc1n2-c1cncc(-n2c3ccccc3c3cc(-c4ccc5oc6ccc(-n7c8ccccc8c8cc(-n9c%10ccccc%10c%10ccccc%109)ccc87)cc6c5c4)ccc32)c1. The lowest BCUT2D eigenvalue weighted by atomic mass is 10.0. The third-order valence-electron chi connectivity index (χ3n) is 15.0. The van der Waals surface area contributed by atoms with E-state index in [9.17, 15) is 0 Å². The highest BCUT2D eigenvalue weighted by atomic mass is 16.3. The van der Waals surface area contributed by atoms with Gasteiger partial charge in [0.2, 0.25) is 0 Å². The first kappa shape index (κ1) is 38.3. The molecule has 0 amide bonds. The molecule has 6 heteroatoms. The molecule has 0 aliphatic carbocycles. The van der Waals surface area contributed by atoms with Gasteiger partial charge < -0.3 is 22.7 Å². The van der Waals surface area contributed by atoms with Crippen LogP contribution in [-0.4, -0.2) is 23.3 Å². The Hall–Kier alpha value is -9.65. The van der Waals surface area contributed by atoms with Gasteiger partial charge in [-0.05, 0) is 114 Å². The van der Waals surface area contributed by atoms with E-state index < -0.39 is 0 Å². The van der Waals surface area contributed by atoms with Gasteiger partial charge in [-0.3, -0.25) is 4.98 Å². The quantitative estimate of drug-likeness (QED) is 0.173. The number of benzene rings is 10. The van der Waals surface area contributed by atoms with Crippen LogP contribution in [0, 0.1) is 0 Å². The Kier molecular flexibility index (Phi) is 7.79. The van der Waals surface area contributed by atoms with Crippen LogP contribution in [0.25, 0.3) is 143 Å². The second-order valence-corrected chi connectivity index (χ2v) is 18.8. The maximum atomic E-state index is 6.56. The Labute approximate surface area is 405 Å². The van der Waals surface area contributed by atoms with Crippen molar-refractivity contribution in [3.63, 3.8) is 0 Å². The highest BCUT2D eigenvalue weighted by Crippen LogP contribution is 2.41. The smallest absolute Gasteiger partial charge is 0.135 e. The molecule has 330 valence electrons. The summed E-state index contributed by atoms with van der Waals surface area (Å²) in [6, 6.07) is 81.4. The van der Waals surface area contributed by atoms with Crippen molar-refractivity contribution in [2.24, 2.45) is 0 Å². The van der Waals surface area contributed by atoms with Crippen LogP contribution >= 0.6 is 0 Å². The van der Waals surface area contributed by atoms with E-state index in [1.807, 2.05) is 12.4 Å². The molecule has 16 aromatic rings. The number of furan rings is 1. The first-order valence-corrected chi connectivity index (χ1v) is 24.2. The molecule has 10 aromatic carbocycles. The van der Waals surface area contributed by atoms with E-state index in [1.165, 1.54) is 54.1 Å². The number of rotatable bonds is 5. The van der Waals surface area contributed by atoms with E-state index >= 15 is 0 Å². The monoisotopic (exact) mass is 905 g/mol. The summed E-state index contributed by atoms with van der Waals surface area (Å²) in [5.41, 5.74) is 17.6. The lowest BCUT2D eigenvalue weighted by Crippen LogP contribution is -1.99. The van der Waals surface area contributed by atoms with Crippen molar-refractivity contribution >= 4 is 109 Å². The summed E-state index contributed by atoms with van der Waals surface area (Å²) < 4.78 is 16.0. The van der Waals surface area contributed by atoms with Crippen molar-refractivity contribution in [3.8, 4) is 33.9 Å². The number of hydrogen-bond donors (Lipinski definition) is 0. The Balaban J connectivity index is 0.817. The van der Waals surface area contributed by atoms with Crippen molar-refractivity contribution < 1.29 is 4.42 Å². The van der Waals surface area contributed by atoms with Crippen molar-refractivity contribution in [2.45, 2.75) is 0 Å². The molecule has 0 fully saturated rings. The summed E-state index contributed by atoms with van der Waals surface area (Å²) in [5, 5.41) is 12.0. The second kappa shape index (κ2) is 14.4. The van der Waals surface area contributed by atoms with Gasteiger partial charge in [0, 0.05) is 65.2 Å². The molecule has 0 saturated carbocycles. The van der Waals surface area contributed by atoms with Gasteiger partial charge in [0.25, 0.3) is 0 Å². The van der Waals surface area contributed by atoms with Gasteiger partial charge in [0.05, 0.1) is 67.9 Å². The van der Waals surface area contributed by atoms with E-state index in [-0.39, 0.29) is 0 Å². The van der Waals surface area contributed by atoms with Crippen molar-refractivity contribution in [1.29, 1.82) is 0 Å². The Morgan fingerprint density at radius 3 is 1.03 bits per heavy atom. The van der Waals surface area contributed by atoms with E-state index in [4.69, 9.17) is 9.40 Å². The molecule has 0 atom stereocenters. The Bertz CT molecular complexity index is 4790. The van der Waals surface area contributed by atoms with Crippen LogP contribution in [0.3, 0.4) is 0 Å².